The van der Waals surface area contributed by atoms with Crippen molar-refractivity contribution in [3.8, 4) is 0 Å². The molecule has 7 nitrogen and oxygen atoms in total. The van der Waals surface area contributed by atoms with E-state index in [2.05, 4.69) is 27.3 Å². The molecule has 2 aromatic heterocycles. The average molecular weight is 303 g/mol. The van der Waals surface area contributed by atoms with Crippen LogP contribution >= 0.6 is 0 Å². The molecule has 2 aromatic rings. The van der Waals surface area contributed by atoms with Gasteiger partial charge in [-0.3, -0.25) is 4.68 Å². The van der Waals surface area contributed by atoms with Gasteiger partial charge in [0.1, 0.15) is 5.82 Å². The number of nitrogens with one attached hydrogen (secondary N) is 1. The van der Waals surface area contributed by atoms with Crippen LogP contribution in [0.4, 0.5) is 5.82 Å². The highest BCUT2D eigenvalue weighted by Gasteiger charge is 2.07. The summed E-state index contributed by atoms with van der Waals surface area (Å²) in [4.78, 5) is 18.6. The predicted molar refractivity (Wildman–Crippen MR) is 82.8 cm³/mol. The quantitative estimate of drug-likeness (QED) is 0.728. The lowest BCUT2D eigenvalue weighted by molar-refractivity contribution is 0.0690. The lowest BCUT2D eigenvalue weighted by Gasteiger charge is -2.04. The fourth-order valence-electron chi connectivity index (χ4n) is 2.09. The smallest absolute Gasteiger partial charge is 0.356 e. The van der Waals surface area contributed by atoms with Gasteiger partial charge < -0.3 is 10.4 Å². The Morgan fingerprint density at radius 3 is 2.77 bits per heavy atom. The summed E-state index contributed by atoms with van der Waals surface area (Å²) in [6.45, 7) is 5.68. The van der Waals surface area contributed by atoms with Gasteiger partial charge in [-0.15, -0.1) is 0 Å². The molecule has 0 saturated heterocycles. The third kappa shape index (κ3) is 4.28. The first kappa shape index (κ1) is 15.9. The van der Waals surface area contributed by atoms with Crippen LogP contribution in [-0.2, 0) is 13.1 Å². The van der Waals surface area contributed by atoms with Gasteiger partial charge in [-0.1, -0.05) is 19.8 Å². The number of hydrogen-bond donors (Lipinski definition) is 2. The number of aromatic carboxylic acids is 1. The van der Waals surface area contributed by atoms with Crippen molar-refractivity contribution in [1.82, 2.24) is 19.7 Å². The minimum atomic E-state index is -1.08. The van der Waals surface area contributed by atoms with Crippen LogP contribution in [0.1, 0.15) is 47.9 Å². The molecular formula is C15H21N5O2. The summed E-state index contributed by atoms with van der Waals surface area (Å²) in [5.41, 5.74) is 2.02. The van der Waals surface area contributed by atoms with E-state index in [0.717, 1.165) is 24.2 Å². The van der Waals surface area contributed by atoms with Gasteiger partial charge in [-0.2, -0.15) is 5.10 Å². The van der Waals surface area contributed by atoms with Gasteiger partial charge in [0.2, 0.25) is 0 Å². The van der Waals surface area contributed by atoms with E-state index >= 15 is 0 Å². The second-order valence-corrected chi connectivity index (χ2v) is 5.16. The SMILES string of the molecule is CCCCCn1cc(CNc2cnc(C(=O)O)cn2)c(C)n1. The molecule has 0 aliphatic carbocycles. The Balaban J connectivity index is 1.92. The third-order valence-corrected chi connectivity index (χ3v) is 3.37. The number of carbonyl (C=O) groups is 1. The number of nitrogens with zero attached hydrogens (tertiary/aromatic N) is 4. The zero-order valence-electron chi connectivity index (χ0n) is 12.9. The molecule has 2 N–H and O–H groups in total. The van der Waals surface area contributed by atoms with Crippen LogP contribution in [0.3, 0.4) is 0 Å². The molecule has 0 aromatic carbocycles. The van der Waals surface area contributed by atoms with E-state index in [4.69, 9.17) is 5.11 Å². The van der Waals surface area contributed by atoms with Crippen molar-refractivity contribution in [3.63, 3.8) is 0 Å². The Kier molecular flexibility index (Phi) is 5.46. The lowest BCUT2D eigenvalue weighted by Crippen LogP contribution is -2.05. The molecule has 0 atom stereocenters. The highest BCUT2D eigenvalue weighted by Crippen LogP contribution is 2.10. The lowest BCUT2D eigenvalue weighted by atomic mass is 10.2. The molecule has 0 radical (unpaired) electrons. The average Bonchev–Trinajstić information content (AvgIpc) is 2.86. The van der Waals surface area contributed by atoms with E-state index < -0.39 is 5.97 Å². The van der Waals surface area contributed by atoms with E-state index in [1.807, 2.05) is 17.8 Å². The van der Waals surface area contributed by atoms with Gasteiger partial charge in [-0.05, 0) is 13.3 Å². The van der Waals surface area contributed by atoms with Crippen LogP contribution < -0.4 is 5.32 Å². The summed E-state index contributed by atoms with van der Waals surface area (Å²) >= 11 is 0. The number of anilines is 1. The van der Waals surface area contributed by atoms with Crippen LogP contribution in [0.25, 0.3) is 0 Å². The van der Waals surface area contributed by atoms with Gasteiger partial charge in [0, 0.05) is 24.8 Å². The Hall–Kier alpha value is -2.44. The van der Waals surface area contributed by atoms with Gasteiger partial charge >= 0.3 is 5.97 Å². The highest BCUT2D eigenvalue weighted by molar-refractivity contribution is 5.84. The highest BCUT2D eigenvalue weighted by atomic mass is 16.4. The summed E-state index contributed by atoms with van der Waals surface area (Å²) in [6.07, 6.45) is 8.23. The number of aromatic nitrogens is 4. The largest absolute Gasteiger partial charge is 0.476 e. The summed E-state index contributed by atoms with van der Waals surface area (Å²) in [7, 11) is 0. The maximum Gasteiger partial charge on any atom is 0.356 e. The number of hydrogen-bond acceptors (Lipinski definition) is 5. The fourth-order valence-corrected chi connectivity index (χ4v) is 2.09. The number of rotatable bonds is 8. The molecule has 22 heavy (non-hydrogen) atoms. The van der Waals surface area contributed by atoms with Crippen molar-refractivity contribution in [2.24, 2.45) is 0 Å². The molecule has 118 valence electrons. The van der Waals surface area contributed by atoms with Gasteiger partial charge in [0.15, 0.2) is 5.69 Å². The van der Waals surface area contributed by atoms with Crippen molar-refractivity contribution >= 4 is 11.8 Å². The number of carboxylic acid groups (broad SMARTS) is 1. The van der Waals surface area contributed by atoms with Crippen LogP contribution in [0, 0.1) is 6.92 Å². The van der Waals surface area contributed by atoms with Gasteiger partial charge in [-0.25, -0.2) is 14.8 Å². The maximum absolute atomic E-state index is 10.7. The standard InChI is InChI=1S/C15H21N5O2/c1-3-4-5-6-20-10-12(11(2)19-20)7-17-14-9-16-13(8-18-14)15(21)22/h8-10H,3-7H2,1-2H3,(H,17,18)(H,21,22). The normalized spacial score (nSPS) is 10.6. The first-order chi connectivity index (χ1) is 10.6. The molecular weight excluding hydrogens is 282 g/mol. The van der Waals surface area contributed by atoms with Crippen molar-refractivity contribution in [3.05, 3.63) is 35.5 Å². The molecule has 7 heteroatoms. The topological polar surface area (TPSA) is 92.9 Å². The summed E-state index contributed by atoms with van der Waals surface area (Å²) in [5.74, 6) is -0.536. The van der Waals surface area contributed by atoms with E-state index in [-0.39, 0.29) is 5.69 Å². The van der Waals surface area contributed by atoms with Crippen LogP contribution in [0.2, 0.25) is 0 Å². The van der Waals surface area contributed by atoms with Crippen molar-refractivity contribution in [2.45, 2.75) is 46.2 Å². The van der Waals surface area contributed by atoms with Crippen LogP contribution in [-0.4, -0.2) is 30.8 Å². The minimum absolute atomic E-state index is 0.0644. The predicted octanol–water partition coefficient (Wildman–Crippen LogP) is 2.48. The van der Waals surface area contributed by atoms with E-state index in [1.165, 1.54) is 25.2 Å². The zero-order valence-corrected chi connectivity index (χ0v) is 12.9. The van der Waals surface area contributed by atoms with Crippen molar-refractivity contribution in [1.29, 1.82) is 0 Å². The fraction of sp³-hybridized carbons (Fsp3) is 0.467. The van der Waals surface area contributed by atoms with Crippen LogP contribution in [0.5, 0.6) is 0 Å². The Morgan fingerprint density at radius 2 is 2.14 bits per heavy atom. The molecule has 0 amide bonds. The molecule has 2 heterocycles. The van der Waals surface area contributed by atoms with Gasteiger partial charge in [0.25, 0.3) is 0 Å². The van der Waals surface area contributed by atoms with E-state index in [9.17, 15) is 4.79 Å². The molecule has 2 rings (SSSR count). The van der Waals surface area contributed by atoms with Crippen molar-refractivity contribution in [2.75, 3.05) is 5.32 Å². The second-order valence-electron chi connectivity index (χ2n) is 5.16. The summed E-state index contributed by atoms with van der Waals surface area (Å²) in [6, 6.07) is 0. The van der Waals surface area contributed by atoms with Crippen molar-refractivity contribution < 1.29 is 9.90 Å². The molecule has 0 saturated carbocycles. The Bertz CT molecular complexity index is 621. The Labute approximate surface area is 129 Å². The third-order valence-electron chi connectivity index (χ3n) is 3.37. The monoisotopic (exact) mass is 303 g/mol. The molecule has 0 spiro atoms. The van der Waals surface area contributed by atoms with Gasteiger partial charge in [0.05, 0.1) is 18.1 Å². The van der Waals surface area contributed by atoms with E-state index in [1.54, 1.807) is 0 Å². The number of carboxylic acids is 1. The Morgan fingerprint density at radius 1 is 1.32 bits per heavy atom. The summed E-state index contributed by atoms with van der Waals surface area (Å²) in [5, 5.41) is 16.4. The maximum atomic E-state index is 10.7. The molecule has 0 bridgehead atoms. The van der Waals surface area contributed by atoms with E-state index in [0.29, 0.717) is 12.4 Å². The first-order valence-electron chi connectivity index (χ1n) is 7.42. The first-order valence-corrected chi connectivity index (χ1v) is 7.42. The molecule has 0 aliphatic heterocycles. The summed E-state index contributed by atoms with van der Waals surface area (Å²) < 4.78 is 1.97. The minimum Gasteiger partial charge on any atom is -0.476 e. The number of unbranched alkanes of at least 4 members (excludes halogenated alkanes) is 2. The van der Waals surface area contributed by atoms with Crippen LogP contribution in [0.15, 0.2) is 18.6 Å². The molecule has 0 aliphatic rings. The second kappa shape index (κ2) is 7.53. The molecule has 0 fully saturated rings. The zero-order chi connectivity index (χ0) is 15.9. The molecule has 0 unspecified atom stereocenters. The number of aryl methyl sites for hydroxylation is 2.